The van der Waals surface area contributed by atoms with Gasteiger partial charge in [0.25, 0.3) is 0 Å². The van der Waals surface area contributed by atoms with E-state index in [1.807, 2.05) is 43.3 Å². The molecule has 0 unspecified atom stereocenters. The summed E-state index contributed by atoms with van der Waals surface area (Å²) in [5.41, 5.74) is 1.94. The first kappa shape index (κ1) is 22.9. The van der Waals surface area contributed by atoms with E-state index in [0.717, 1.165) is 23.4 Å². The number of benzene rings is 3. The Morgan fingerprint density at radius 1 is 0.853 bits per heavy atom. The van der Waals surface area contributed by atoms with Gasteiger partial charge in [0.2, 0.25) is 5.78 Å². The smallest absolute Gasteiger partial charge is 0.220 e. The lowest BCUT2D eigenvalue weighted by Gasteiger charge is -2.11. The zero-order chi connectivity index (χ0) is 24.1. The van der Waals surface area contributed by atoms with Crippen LogP contribution in [0.1, 0.15) is 25.3 Å². The minimum absolute atomic E-state index is 0.0358. The van der Waals surface area contributed by atoms with Gasteiger partial charge >= 0.3 is 0 Å². The summed E-state index contributed by atoms with van der Waals surface area (Å²) in [5.74, 6) is -0.697. The third kappa shape index (κ3) is 4.88. The maximum Gasteiger partial charge on any atom is 0.220 e. The maximum atomic E-state index is 11.9. The first-order valence-corrected chi connectivity index (χ1v) is 11.0. The molecular weight excluding hydrogens is 432 g/mol. The number of aromatic hydroxyl groups is 1. The van der Waals surface area contributed by atoms with Gasteiger partial charge in [0.1, 0.15) is 11.4 Å². The molecule has 1 aliphatic rings. The minimum Gasteiger partial charge on any atom is -0.505 e. The van der Waals surface area contributed by atoms with Crippen LogP contribution in [0.5, 0.6) is 11.5 Å². The van der Waals surface area contributed by atoms with Crippen LogP contribution in [0.2, 0.25) is 0 Å². The summed E-state index contributed by atoms with van der Waals surface area (Å²) in [5, 5.41) is 30.5. The van der Waals surface area contributed by atoms with Gasteiger partial charge in [-0.05, 0) is 49.1 Å². The number of phenolic OH excluding ortho intramolecular Hbond substituents is 1. The number of azo groups is 1. The number of carbonyl (C=O) groups excluding carboxylic acids is 2. The summed E-state index contributed by atoms with van der Waals surface area (Å²) >= 11 is 0. The van der Waals surface area contributed by atoms with Crippen molar-refractivity contribution in [2.45, 2.75) is 26.2 Å². The lowest BCUT2D eigenvalue weighted by molar-refractivity contribution is -0.117. The molecule has 0 fully saturated rings. The van der Waals surface area contributed by atoms with Crippen LogP contribution in [0.25, 0.3) is 10.8 Å². The number of allylic oxidation sites excluding steroid dienone is 3. The summed E-state index contributed by atoms with van der Waals surface area (Å²) in [6, 6.07) is 16.3. The van der Waals surface area contributed by atoms with Crippen molar-refractivity contribution in [2.75, 3.05) is 6.61 Å². The van der Waals surface area contributed by atoms with Gasteiger partial charge in [-0.1, -0.05) is 43.3 Å². The van der Waals surface area contributed by atoms with Crippen molar-refractivity contribution >= 4 is 33.7 Å². The molecule has 7 heteroatoms. The van der Waals surface area contributed by atoms with Gasteiger partial charge in [0.05, 0.1) is 12.3 Å². The summed E-state index contributed by atoms with van der Waals surface area (Å²) < 4.78 is 5.85. The van der Waals surface area contributed by atoms with E-state index in [4.69, 9.17) is 4.74 Å². The largest absolute Gasteiger partial charge is 0.505 e. The Kier molecular flexibility index (Phi) is 6.82. The lowest BCUT2D eigenvalue weighted by atomic mass is 9.95. The number of aryl methyl sites for hydroxylation is 1. The lowest BCUT2D eigenvalue weighted by Crippen LogP contribution is -2.14. The Balaban J connectivity index is 1.50. The molecule has 1 aliphatic carbocycles. The Morgan fingerprint density at radius 2 is 1.56 bits per heavy atom. The molecule has 2 N–H and O–H groups in total. The van der Waals surface area contributed by atoms with Crippen LogP contribution in [0.15, 0.2) is 88.3 Å². The number of fused-ring (bicyclic) bond motifs is 1. The Bertz CT molecular complexity index is 1340. The summed E-state index contributed by atoms with van der Waals surface area (Å²) in [6.07, 6.45) is 3.85. The Hall–Kier alpha value is -4.26. The van der Waals surface area contributed by atoms with Gasteiger partial charge in [-0.15, -0.1) is 5.11 Å². The van der Waals surface area contributed by atoms with Crippen LogP contribution in [-0.2, 0) is 16.0 Å². The first-order valence-electron chi connectivity index (χ1n) is 11.0. The molecule has 4 rings (SSSR count). The molecule has 0 aliphatic heterocycles. The molecule has 0 saturated carbocycles. The second-order valence-corrected chi connectivity index (χ2v) is 7.89. The zero-order valence-corrected chi connectivity index (χ0v) is 18.7. The van der Waals surface area contributed by atoms with Crippen molar-refractivity contribution in [1.82, 2.24) is 0 Å². The van der Waals surface area contributed by atoms with Gasteiger partial charge < -0.3 is 14.9 Å². The maximum absolute atomic E-state index is 11.9. The van der Waals surface area contributed by atoms with Gasteiger partial charge in [-0.25, -0.2) is 0 Å². The highest BCUT2D eigenvalue weighted by atomic mass is 16.5. The quantitative estimate of drug-likeness (QED) is 0.310. The third-order valence-electron chi connectivity index (χ3n) is 5.50. The molecule has 0 bridgehead atoms. The predicted molar refractivity (Wildman–Crippen MR) is 129 cm³/mol. The van der Waals surface area contributed by atoms with E-state index < -0.39 is 11.5 Å². The number of ketones is 2. The number of rotatable bonds is 8. The number of aliphatic hydroxyl groups excluding tert-OH is 1. The molecular formula is C27H24N2O5. The van der Waals surface area contributed by atoms with Crippen molar-refractivity contribution in [3.8, 4) is 11.5 Å². The van der Waals surface area contributed by atoms with Crippen molar-refractivity contribution in [3.05, 3.63) is 83.6 Å². The number of ether oxygens (including phenoxy) is 1. The minimum atomic E-state index is -0.550. The van der Waals surface area contributed by atoms with Gasteiger partial charge in [-0.2, -0.15) is 5.11 Å². The molecule has 3 aromatic rings. The standard InChI is InChI=1S/C27H24N2O5/c1-2-15-34-25-16-22(26(32)20-6-4-3-5-19(20)25)29-28-18-10-7-17(8-11-18)9-12-21-23(30)13-14-24(31)27(21)33/h3-8,10-11,13-14,16,32-33H,2,9,12,15H2,1H3. The fraction of sp³-hybridized carbons (Fsp3) is 0.185. The van der Waals surface area contributed by atoms with Gasteiger partial charge in [0.15, 0.2) is 17.3 Å². The van der Waals surface area contributed by atoms with Crippen LogP contribution < -0.4 is 4.74 Å². The fourth-order valence-electron chi connectivity index (χ4n) is 3.67. The fourth-order valence-corrected chi connectivity index (χ4v) is 3.67. The van der Waals surface area contributed by atoms with Crippen LogP contribution in [0.3, 0.4) is 0 Å². The van der Waals surface area contributed by atoms with E-state index in [9.17, 15) is 19.8 Å². The molecule has 0 aromatic heterocycles. The SMILES string of the molecule is CCCOc1cc(N=Nc2ccc(CCC3=C(O)C(=O)C=CC3=O)cc2)c(O)c2ccccc12. The van der Waals surface area contributed by atoms with E-state index in [1.54, 1.807) is 18.2 Å². The van der Waals surface area contributed by atoms with Gasteiger partial charge in [0, 0.05) is 22.4 Å². The topological polar surface area (TPSA) is 109 Å². The average molecular weight is 456 g/mol. The molecule has 172 valence electrons. The average Bonchev–Trinajstić information content (AvgIpc) is 2.86. The normalized spacial score (nSPS) is 13.9. The first-order chi connectivity index (χ1) is 16.5. The van der Waals surface area contributed by atoms with E-state index >= 15 is 0 Å². The zero-order valence-electron chi connectivity index (χ0n) is 18.7. The summed E-state index contributed by atoms with van der Waals surface area (Å²) in [4.78, 5) is 23.5. The highest BCUT2D eigenvalue weighted by Gasteiger charge is 2.21. The highest BCUT2D eigenvalue weighted by Crippen LogP contribution is 2.41. The summed E-state index contributed by atoms with van der Waals surface area (Å²) in [7, 11) is 0. The number of carbonyl (C=O) groups is 2. The van der Waals surface area contributed by atoms with E-state index in [1.165, 1.54) is 6.08 Å². The van der Waals surface area contributed by atoms with E-state index in [-0.39, 0.29) is 23.5 Å². The van der Waals surface area contributed by atoms with E-state index in [0.29, 0.717) is 35.5 Å². The summed E-state index contributed by atoms with van der Waals surface area (Å²) in [6.45, 7) is 2.58. The molecule has 0 spiro atoms. The molecule has 0 heterocycles. The van der Waals surface area contributed by atoms with Gasteiger partial charge in [-0.3, -0.25) is 9.59 Å². The van der Waals surface area contributed by atoms with Crippen LogP contribution in [-0.4, -0.2) is 28.4 Å². The Labute approximate surface area is 196 Å². The van der Waals surface area contributed by atoms with Crippen molar-refractivity contribution < 1.29 is 24.5 Å². The molecule has 0 saturated heterocycles. The van der Waals surface area contributed by atoms with Crippen molar-refractivity contribution in [3.63, 3.8) is 0 Å². The predicted octanol–water partition coefficient (Wildman–Crippen LogP) is 6.20. The second-order valence-electron chi connectivity index (χ2n) is 7.89. The molecule has 7 nitrogen and oxygen atoms in total. The Morgan fingerprint density at radius 3 is 2.29 bits per heavy atom. The molecule has 3 aromatic carbocycles. The number of phenols is 1. The van der Waals surface area contributed by atoms with Crippen molar-refractivity contribution in [2.24, 2.45) is 10.2 Å². The monoisotopic (exact) mass is 456 g/mol. The molecule has 34 heavy (non-hydrogen) atoms. The second kappa shape index (κ2) is 10.1. The number of hydrogen-bond donors (Lipinski definition) is 2. The van der Waals surface area contributed by atoms with Crippen molar-refractivity contribution in [1.29, 1.82) is 0 Å². The molecule has 0 radical (unpaired) electrons. The number of nitrogens with zero attached hydrogens (tertiary/aromatic N) is 2. The molecule has 0 atom stereocenters. The van der Waals surface area contributed by atoms with Crippen LogP contribution in [0.4, 0.5) is 11.4 Å². The van der Waals surface area contributed by atoms with E-state index in [2.05, 4.69) is 10.2 Å². The molecule has 0 amide bonds. The van der Waals surface area contributed by atoms with Crippen LogP contribution in [0, 0.1) is 0 Å². The van der Waals surface area contributed by atoms with Crippen LogP contribution >= 0.6 is 0 Å². The highest BCUT2D eigenvalue weighted by molar-refractivity contribution is 6.18. The third-order valence-corrected chi connectivity index (χ3v) is 5.50. The number of aliphatic hydroxyl groups is 1. The number of hydrogen-bond acceptors (Lipinski definition) is 7.